The van der Waals surface area contributed by atoms with Crippen LogP contribution in [0.5, 0.6) is 0 Å². The standard InChI is InChI=1S/C23H19N5OS/c1-15-20(17-10-7-13-24-14-17)27-21(25-15)18-11-5-6-12-19(18)26-23(30)28-22(29)16-8-3-2-4-9-16/h2-14H,1H3,(H,25,27)(H2,26,28,29,30). The highest BCUT2D eigenvalue weighted by Gasteiger charge is 2.15. The average Bonchev–Trinajstić information content (AvgIpc) is 3.16. The van der Waals surface area contributed by atoms with Gasteiger partial charge >= 0.3 is 0 Å². The summed E-state index contributed by atoms with van der Waals surface area (Å²) >= 11 is 5.35. The van der Waals surface area contributed by atoms with Crippen molar-refractivity contribution in [2.45, 2.75) is 6.92 Å². The molecule has 4 aromatic rings. The molecular formula is C23H19N5OS. The zero-order valence-corrected chi connectivity index (χ0v) is 17.0. The molecule has 0 atom stereocenters. The number of carbonyl (C=O) groups is 1. The van der Waals surface area contributed by atoms with Gasteiger partial charge < -0.3 is 10.3 Å². The molecular weight excluding hydrogens is 394 g/mol. The molecule has 0 unspecified atom stereocenters. The number of para-hydroxylation sites is 1. The van der Waals surface area contributed by atoms with Crippen LogP contribution in [-0.2, 0) is 0 Å². The molecule has 0 aliphatic rings. The number of aromatic amines is 1. The SMILES string of the molecule is Cc1[nH]c(-c2ccccc2NC(=S)NC(=O)c2ccccc2)nc1-c1cccnc1. The highest BCUT2D eigenvalue weighted by Crippen LogP contribution is 2.29. The number of nitrogens with one attached hydrogen (secondary N) is 3. The van der Waals surface area contributed by atoms with E-state index in [-0.39, 0.29) is 11.0 Å². The van der Waals surface area contributed by atoms with Gasteiger partial charge in [-0.25, -0.2) is 4.98 Å². The maximum Gasteiger partial charge on any atom is 0.257 e. The smallest absolute Gasteiger partial charge is 0.257 e. The van der Waals surface area contributed by atoms with Crippen LogP contribution in [0.3, 0.4) is 0 Å². The second-order valence-electron chi connectivity index (χ2n) is 6.62. The number of rotatable bonds is 4. The Morgan fingerprint density at radius 1 is 1.00 bits per heavy atom. The average molecular weight is 414 g/mol. The molecule has 2 aromatic heterocycles. The van der Waals surface area contributed by atoms with Gasteiger partial charge in [-0.3, -0.25) is 15.1 Å². The molecule has 0 fully saturated rings. The van der Waals surface area contributed by atoms with E-state index < -0.39 is 0 Å². The number of carbonyl (C=O) groups excluding carboxylic acids is 1. The van der Waals surface area contributed by atoms with Crippen molar-refractivity contribution in [3.63, 3.8) is 0 Å². The lowest BCUT2D eigenvalue weighted by molar-refractivity contribution is 0.0977. The molecule has 3 N–H and O–H groups in total. The number of H-pyrrole nitrogens is 1. The largest absolute Gasteiger partial charge is 0.341 e. The Morgan fingerprint density at radius 2 is 1.77 bits per heavy atom. The number of hydrogen-bond donors (Lipinski definition) is 3. The molecule has 0 saturated carbocycles. The molecule has 6 nitrogen and oxygen atoms in total. The Labute approximate surface area is 179 Å². The first kappa shape index (κ1) is 19.5. The van der Waals surface area contributed by atoms with Gasteiger partial charge in [0.1, 0.15) is 5.82 Å². The summed E-state index contributed by atoms with van der Waals surface area (Å²) < 4.78 is 0. The van der Waals surface area contributed by atoms with Gasteiger partial charge in [-0.1, -0.05) is 30.3 Å². The molecule has 0 aliphatic heterocycles. The minimum absolute atomic E-state index is 0.215. The van der Waals surface area contributed by atoms with E-state index in [0.29, 0.717) is 11.4 Å². The number of benzene rings is 2. The quantitative estimate of drug-likeness (QED) is 0.427. The van der Waals surface area contributed by atoms with Crippen molar-refractivity contribution in [1.82, 2.24) is 20.3 Å². The molecule has 4 rings (SSSR count). The second kappa shape index (κ2) is 8.67. The third-order valence-corrected chi connectivity index (χ3v) is 4.72. The van der Waals surface area contributed by atoms with Crippen LogP contribution < -0.4 is 10.6 Å². The number of amides is 1. The van der Waals surface area contributed by atoms with Crippen LogP contribution >= 0.6 is 12.2 Å². The summed E-state index contributed by atoms with van der Waals surface area (Å²) in [6.45, 7) is 1.97. The van der Waals surface area contributed by atoms with Gasteiger partial charge in [0.2, 0.25) is 0 Å². The van der Waals surface area contributed by atoms with E-state index >= 15 is 0 Å². The van der Waals surface area contributed by atoms with E-state index in [2.05, 4.69) is 20.6 Å². The number of pyridine rings is 1. The van der Waals surface area contributed by atoms with Crippen LogP contribution in [0.4, 0.5) is 5.69 Å². The van der Waals surface area contributed by atoms with Crippen LogP contribution in [0.1, 0.15) is 16.1 Å². The van der Waals surface area contributed by atoms with Crippen LogP contribution in [0.25, 0.3) is 22.6 Å². The number of nitrogens with zero attached hydrogens (tertiary/aromatic N) is 2. The fourth-order valence-corrected chi connectivity index (χ4v) is 3.29. The van der Waals surface area contributed by atoms with Crippen molar-refractivity contribution in [2.75, 3.05) is 5.32 Å². The van der Waals surface area contributed by atoms with Gasteiger partial charge in [0.15, 0.2) is 5.11 Å². The lowest BCUT2D eigenvalue weighted by atomic mass is 10.1. The fraction of sp³-hybridized carbons (Fsp3) is 0.0435. The molecule has 1 amide bonds. The van der Waals surface area contributed by atoms with Gasteiger partial charge in [-0.05, 0) is 55.5 Å². The maximum absolute atomic E-state index is 12.3. The maximum atomic E-state index is 12.3. The number of imidazole rings is 1. The Balaban J connectivity index is 1.56. The number of aryl methyl sites for hydroxylation is 1. The van der Waals surface area contributed by atoms with Gasteiger partial charge in [0.05, 0.1) is 11.4 Å². The van der Waals surface area contributed by atoms with Crippen molar-refractivity contribution in [1.29, 1.82) is 0 Å². The Bertz CT molecular complexity index is 1190. The number of aromatic nitrogens is 3. The Hall–Kier alpha value is -3.84. The summed E-state index contributed by atoms with van der Waals surface area (Å²) in [4.78, 5) is 24.6. The van der Waals surface area contributed by atoms with E-state index in [0.717, 1.165) is 28.2 Å². The first-order chi connectivity index (χ1) is 14.6. The van der Waals surface area contributed by atoms with E-state index in [1.165, 1.54) is 0 Å². The third-order valence-electron chi connectivity index (χ3n) is 4.51. The first-order valence-electron chi connectivity index (χ1n) is 9.35. The number of thiocarbonyl (C=S) groups is 1. The summed E-state index contributed by atoms with van der Waals surface area (Å²) in [5, 5.41) is 6.03. The number of hydrogen-bond acceptors (Lipinski definition) is 4. The predicted molar refractivity (Wildman–Crippen MR) is 122 cm³/mol. The zero-order chi connectivity index (χ0) is 20.9. The lowest BCUT2D eigenvalue weighted by Crippen LogP contribution is -2.34. The molecule has 0 saturated heterocycles. The van der Waals surface area contributed by atoms with Crippen LogP contribution in [0.2, 0.25) is 0 Å². The topological polar surface area (TPSA) is 82.7 Å². The van der Waals surface area contributed by atoms with E-state index in [1.54, 1.807) is 36.7 Å². The highest BCUT2D eigenvalue weighted by molar-refractivity contribution is 7.80. The molecule has 0 radical (unpaired) electrons. The summed E-state index contributed by atoms with van der Waals surface area (Å²) in [5.41, 5.74) is 4.83. The van der Waals surface area contributed by atoms with Crippen molar-refractivity contribution in [2.24, 2.45) is 0 Å². The molecule has 7 heteroatoms. The van der Waals surface area contributed by atoms with Crippen molar-refractivity contribution < 1.29 is 4.79 Å². The molecule has 2 heterocycles. The Morgan fingerprint density at radius 3 is 2.53 bits per heavy atom. The zero-order valence-electron chi connectivity index (χ0n) is 16.2. The Kier molecular flexibility index (Phi) is 5.63. The van der Waals surface area contributed by atoms with Crippen LogP contribution in [-0.4, -0.2) is 26.0 Å². The molecule has 30 heavy (non-hydrogen) atoms. The summed E-state index contributed by atoms with van der Waals surface area (Å²) in [7, 11) is 0. The molecule has 0 bridgehead atoms. The summed E-state index contributed by atoms with van der Waals surface area (Å²) in [6.07, 6.45) is 3.52. The molecule has 2 aromatic carbocycles. The third kappa shape index (κ3) is 4.26. The van der Waals surface area contributed by atoms with Crippen molar-refractivity contribution in [3.05, 3.63) is 90.4 Å². The molecule has 0 spiro atoms. The van der Waals surface area contributed by atoms with Gasteiger partial charge in [-0.2, -0.15) is 0 Å². The van der Waals surface area contributed by atoms with Crippen LogP contribution in [0, 0.1) is 6.92 Å². The fourth-order valence-electron chi connectivity index (χ4n) is 3.09. The van der Waals surface area contributed by atoms with Gasteiger partial charge in [-0.15, -0.1) is 0 Å². The predicted octanol–water partition coefficient (Wildman–Crippen LogP) is 4.57. The highest BCUT2D eigenvalue weighted by atomic mass is 32.1. The van der Waals surface area contributed by atoms with Crippen molar-refractivity contribution >= 4 is 28.9 Å². The van der Waals surface area contributed by atoms with Crippen molar-refractivity contribution in [3.8, 4) is 22.6 Å². The second-order valence-corrected chi connectivity index (χ2v) is 7.03. The lowest BCUT2D eigenvalue weighted by Gasteiger charge is -2.12. The van der Waals surface area contributed by atoms with E-state index in [4.69, 9.17) is 17.2 Å². The van der Waals surface area contributed by atoms with Crippen LogP contribution in [0.15, 0.2) is 79.1 Å². The summed E-state index contributed by atoms with van der Waals surface area (Å²) in [6, 6.07) is 20.4. The molecule has 148 valence electrons. The van der Waals surface area contributed by atoms with Gasteiger partial charge in [0.25, 0.3) is 5.91 Å². The number of anilines is 1. The van der Waals surface area contributed by atoms with E-state index in [9.17, 15) is 4.79 Å². The monoisotopic (exact) mass is 413 g/mol. The normalized spacial score (nSPS) is 10.4. The minimum atomic E-state index is -0.265. The van der Waals surface area contributed by atoms with Gasteiger partial charge in [0, 0.05) is 34.8 Å². The molecule has 0 aliphatic carbocycles. The van der Waals surface area contributed by atoms with E-state index in [1.807, 2.05) is 49.4 Å². The summed E-state index contributed by atoms with van der Waals surface area (Å²) in [5.74, 6) is 0.435. The minimum Gasteiger partial charge on any atom is -0.341 e. The first-order valence-corrected chi connectivity index (χ1v) is 9.76.